The molecule has 0 spiro atoms. The highest BCUT2D eigenvalue weighted by Crippen LogP contribution is 2.25. The number of nitrogens with one attached hydrogen (secondary N) is 1. The van der Waals surface area contributed by atoms with Gasteiger partial charge in [0.05, 0.1) is 0 Å². The number of piperazine rings is 1. The quantitative estimate of drug-likeness (QED) is 0.783. The van der Waals surface area contributed by atoms with Crippen LogP contribution in [0.4, 0.5) is 0 Å². The van der Waals surface area contributed by atoms with Gasteiger partial charge in [-0.15, -0.1) is 0 Å². The summed E-state index contributed by atoms with van der Waals surface area (Å²) in [4.78, 5) is 5.01. The standard InChI is InChI=1S/C13H29N3/c1-7-11(2)16-12(9-15(5)6)8-14-10-13(16,3)4/h11-12,14H,7-10H2,1-6H3. The molecule has 3 nitrogen and oxygen atoms in total. The van der Waals surface area contributed by atoms with Gasteiger partial charge >= 0.3 is 0 Å². The molecule has 1 fully saturated rings. The normalized spacial score (nSPS) is 28.3. The predicted octanol–water partition coefficient (Wildman–Crippen LogP) is 1.40. The fourth-order valence-corrected chi connectivity index (χ4v) is 2.96. The van der Waals surface area contributed by atoms with E-state index in [1.54, 1.807) is 0 Å². The summed E-state index contributed by atoms with van der Waals surface area (Å²) in [5.74, 6) is 0. The lowest BCUT2D eigenvalue weighted by atomic mass is 9.93. The van der Waals surface area contributed by atoms with E-state index >= 15 is 0 Å². The van der Waals surface area contributed by atoms with E-state index in [9.17, 15) is 0 Å². The zero-order chi connectivity index (χ0) is 12.3. The highest BCUT2D eigenvalue weighted by atomic mass is 15.3. The van der Waals surface area contributed by atoms with Gasteiger partial charge in [0.15, 0.2) is 0 Å². The van der Waals surface area contributed by atoms with Crippen LogP contribution >= 0.6 is 0 Å². The van der Waals surface area contributed by atoms with Crippen LogP contribution < -0.4 is 5.32 Å². The average Bonchev–Trinajstić information content (AvgIpc) is 2.14. The SMILES string of the molecule is CCC(C)N1C(CN(C)C)CNCC1(C)C. The molecule has 0 amide bonds. The molecule has 0 saturated carbocycles. The maximum Gasteiger partial charge on any atom is 0.0356 e. The van der Waals surface area contributed by atoms with Gasteiger partial charge in [-0.1, -0.05) is 6.92 Å². The van der Waals surface area contributed by atoms with Crippen LogP contribution in [0.3, 0.4) is 0 Å². The molecular weight excluding hydrogens is 198 g/mol. The van der Waals surface area contributed by atoms with Crippen molar-refractivity contribution in [3.05, 3.63) is 0 Å². The van der Waals surface area contributed by atoms with Crippen molar-refractivity contribution in [1.82, 2.24) is 15.1 Å². The van der Waals surface area contributed by atoms with Crippen molar-refractivity contribution < 1.29 is 0 Å². The molecule has 0 aromatic carbocycles. The molecular formula is C13H29N3. The fourth-order valence-electron chi connectivity index (χ4n) is 2.96. The highest BCUT2D eigenvalue weighted by Gasteiger charge is 2.38. The molecule has 2 unspecified atom stereocenters. The van der Waals surface area contributed by atoms with E-state index in [0.717, 1.165) is 19.6 Å². The number of hydrogen-bond donors (Lipinski definition) is 1. The van der Waals surface area contributed by atoms with Crippen molar-refractivity contribution in [3.63, 3.8) is 0 Å². The van der Waals surface area contributed by atoms with E-state index in [2.05, 4.69) is 56.9 Å². The third-order valence-electron chi connectivity index (χ3n) is 3.67. The van der Waals surface area contributed by atoms with E-state index in [0.29, 0.717) is 12.1 Å². The summed E-state index contributed by atoms with van der Waals surface area (Å²) >= 11 is 0. The Labute approximate surface area is 101 Å². The van der Waals surface area contributed by atoms with Gasteiger partial charge in [-0.25, -0.2) is 0 Å². The van der Waals surface area contributed by atoms with Crippen molar-refractivity contribution in [3.8, 4) is 0 Å². The molecule has 1 saturated heterocycles. The lowest BCUT2D eigenvalue weighted by molar-refractivity contribution is -0.00756. The maximum atomic E-state index is 3.57. The minimum absolute atomic E-state index is 0.272. The van der Waals surface area contributed by atoms with E-state index in [-0.39, 0.29) is 5.54 Å². The molecule has 0 aromatic rings. The molecule has 96 valence electrons. The van der Waals surface area contributed by atoms with Gasteiger partial charge in [-0.3, -0.25) is 4.90 Å². The van der Waals surface area contributed by atoms with Crippen molar-refractivity contribution >= 4 is 0 Å². The van der Waals surface area contributed by atoms with Crippen molar-refractivity contribution in [1.29, 1.82) is 0 Å². The van der Waals surface area contributed by atoms with E-state index in [1.807, 2.05) is 0 Å². The number of nitrogens with zero attached hydrogens (tertiary/aromatic N) is 2. The third kappa shape index (κ3) is 3.19. The average molecular weight is 227 g/mol. The Morgan fingerprint density at radius 1 is 1.44 bits per heavy atom. The molecule has 0 radical (unpaired) electrons. The summed E-state index contributed by atoms with van der Waals surface area (Å²) in [7, 11) is 4.33. The Balaban J connectivity index is 2.79. The van der Waals surface area contributed by atoms with Crippen LogP contribution in [-0.4, -0.2) is 61.2 Å². The first kappa shape index (κ1) is 13.9. The van der Waals surface area contributed by atoms with Gasteiger partial charge in [-0.2, -0.15) is 0 Å². The van der Waals surface area contributed by atoms with Crippen molar-refractivity contribution in [2.75, 3.05) is 33.7 Å². The minimum Gasteiger partial charge on any atom is -0.313 e. The predicted molar refractivity (Wildman–Crippen MR) is 70.9 cm³/mol. The first-order valence-electron chi connectivity index (χ1n) is 6.52. The lowest BCUT2D eigenvalue weighted by Crippen LogP contribution is -2.67. The zero-order valence-corrected chi connectivity index (χ0v) is 11.9. The summed E-state index contributed by atoms with van der Waals surface area (Å²) in [5.41, 5.74) is 0.272. The second-order valence-corrected chi connectivity index (χ2v) is 6.02. The third-order valence-corrected chi connectivity index (χ3v) is 3.67. The van der Waals surface area contributed by atoms with Crippen molar-refractivity contribution in [2.45, 2.75) is 51.7 Å². The molecule has 1 heterocycles. The Kier molecular flexibility index (Phi) is 4.77. The maximum absolute atomic E-state index is 3.57. The first-order chi connectivity index (χ1) is 7.38. The molecule has 2 atom stereocenters. The molecule has 0 aliphatic carbocycles. The van der Waals surface area contributed by atoms with Crippen LogP contribution in [0.5, 0.6) is 0 Å². The number of likely N-dealkylation sites (N-methyl/N-ethyl adjacent to an activating group) is 1. The topological polar surface area (TPSA) is 18.5 Å². The van der Waals surface area contributed by atoms with Crippen LogP contribution in [0.25, 0.3) is 0 Å². The van der Waals surface area contributed by atoms with E-state index in [1.165, 1.54) is 6.42 Å². The van der Waals surface area contributed by atoms with Gasteiger partial charge in [0, 0.05) is 37.3 Å². The monoisotopic (exact) mass is 227 g/mol. The van der Waals surface area contributed by atoms with Crippen LogP contribution in [0, 0.1) is 0 Å². The lowest BCUT2D eigenvalue weighted by Gasteiger charge is -2.51. The molecule has 0 aromatic heterocycles. The smallest absolute Gasteiger partial charge is 0.0356 e. The van der Waals surface area contributed by atoms with Gasteiger partial charge < -0.3 is 10.2 Å². The largest absolute Gasteiger partial charge is 0.313 e. The Bertz CT molecular complexity index is 213. The number of hydrogen-bond acceptors (Lipinski definition) is 3. The van der Waals surface area contributed by atoms with E-state index in [4.69, 9.17) is 0 Å². The second-order valence-electron chi connectivity index (χ2n) is 6.02. The molecule has 16 heavy (non-hydrogen) atoms. The summed E-state index contributed by atoms with van der Waals surface area (Å²) in [6.07, 6.45) is 1.23. The fraction of sp³-hybridized carbons (Fsp3) is 1.00. The Morgan fingerprint density at radius 2 is 2.06 bits per heavy atom. The Morgan fingerprint density at radius 3 is 2.56 bits per heavy atom. The molecule has 3 heteroatoms. The minimum atomic E-state index is 0.272. The molecule has 1 rings (SSSR count). The summed E-state index contributed by atoms with van der Waals surface area (Å²) in [6.45, 7) is 12.7. The highest BCUT2D eigenvalue weighted by molar-refractivity contribution is 4.97. The second kappa shape index (κ2) is 5.48. The summed E-state index contributed by atoms with van der Waals surface area (Å²) < 4.78 is 0. The molecule has 0 bridgehead atoms. The summed E-state index contributed by atoms with van der Waals surface area (Å²) in [6, 6.07) is 1.30. The van der Waals surface area contributed by atoms with Crippen molar-refractivity contribution in [2.24, 2.45) is 0 Å². The molecule has 1 aliphatic rings. The molecule has 1 aliphatic heterocycles. The van der Waals surface area contributed by atoms with Crippen LogP contribution in [-0.2, 0) is 0 Å². The van der Waals surface area contributed by atoms with Crippen LogP contribution in [0.2, 0.25) is 0 Å². The number of rotatable bonds is 4. The first-order valence-corrected chi connectivity index (χ1v) is 6.52. The Hall–Kier alpha value is -0.120. The van der Waals surface area contributed by atoms with Gasteiger partial charge in [0.1, 0.15) is 0 Å². The zero-order valence-electron chi connectivity index (χ0n) is 11.9. The van der Waals surface area contributed by atoms with Crippen LogP contribution in [0.1, 0.15) is 34.1 Å². The van der Waals surface area contributed by atoms with E-state index < -0.39 is 0 Å². The van der Waals surface area contributed by atoms with Gasteiger partial charge in [0.2, 0.25) is 0 Å². The summed E-state index contributed by atoms with van der Waals surface area (Å²) in [5, 5.41) is 3.57. The van der Waals surface area contributed by atoms with Crippen LogP contribution in [0.15, 0.2) is 0 Å². The van der Waals surface area contributed by atoms with Gasteiger partial charge in [0.25, 0.3) is 0 Å². The van der Waals surface area contributed by atoms with Gasteiger partial charge in [-0.05, 0) is 41.3 Å². The molecule has 1 N–H and O–H groups in total.